The third-order valence-electron chi connectivity index (χ3n) is 4.59. The minimum Gasteiger partial charge on any atom is -0.412 e. The largest absolute Gasteiger partial charge is 0.412 e. The summed E-state index contributed by atoms with van der Waals surface area (Å²) in [5.74, 6) is 1.11. The van der Waals surface area contributed by atoms with Gasteiger partial charge in [0, 0.05) is 17.6 Å². The van der Waals surface area contributed by atoms with Gasteiger partial charge in [0.1, 0.15) is 5.82 Å². The second-order valence-corrected chi connectivity index (χ2v) is 5.91. The maximum atomic E-state index is 6.15. The van der Waals surface area contributed by atoms with E-state index in [0.29, 0.717) is 0 Å². The van der Waals surface area contributed by atoms with Crippen LogP contribution in [0.5, 0.6) is 0 Å². The van der Waals surface area contributed by atoms with Gasteiger partial charge in [-0.25, -0.2) is 4.98 Å². The molecule has 1 aliphatic rings. The normalized spacial score (nSPS) is 14.4. The SMILES string of the molecule is CC(c1ccccc1N)N1CCc2cc3ccccc3nc21.O. The first-order chi connectivity index (χ1) is 10.7. The summed E-state index contributed by atoms with van der Waals surface area (Å²) in [6.07, 6.45) is 1.05. The van der Waals surface area contributed by atoms with Crippen molar-refractivity contribution >= 4 is 22.4 Å². The van der Waals surface area contributed by atoms with E-state index in [1.165, 1.54) is 16.5 Å². The van der Waals surface area contributed by atoms with Crippen LogP contribution in [0.4, 0.5) is 11.5 Å². The zero-order valence-electron chi connectivity index (χ0n) is 13.2. The number of hydrogen-bond donors (Lipinski definition) is 1. The Hall–Kier alpha value is -2.59. The van der Waals surface area contributed by atoms with Crippen molar-refractivity contribution in [2.75, 3.05) is 17.2 Å². The number of anilines is 2. The lowest BCUT2D eigenvalue weighted by Gasteiger charge is -2.27. The van der Waals surface area contributed by atoms with Gasteiger partial charge in [0.2, 0.25) is 0 Å². The van der Waals surface area contributed by atoms with Crippen LogP contribution >= 0.6 is 0 Å². The number of nitrogens with two attached hydrogens (primary N) is 1. The molecule has 1 aromatic heterocycles. The fraction of sp³-hybridized carbons (Fsp3) is 0.211. The van der Waals surface area contributed by atoms with Gasteiger partial charge in [-0.05, 0) is 42.7 Å². The van der Waals surface area contributed by atoms with Crippen LogP contribution in [0.15, 0.2) is 54.6 Å². The summed E-state index contributed by atoms with van der Waals surface area (Å²) in [5, 5.41) is 1.22. The van der Waals surface area contributed by atoms with Gasteiger partial charge >= 0.3 is 0 Å². The molecule has 3 aromatic rings. The first kappa shape index (κ1) is 15.3. The molecule has 118 valence electrons. The summed E-state index contributed by atoms with van der Waals surface area (Å²) in [6.45, 7) is 3.20. The first-order valence-electron chi connectivity index (χ1n) is 7.74. The van der Waals surface area contributed by atoms with Crippen LogP contribution in [0.25, 0.3) is 10.9 Å². The number of aromatic nitrogens is 1. The van der Waals surface area contributed by atoms with Crippen molar-refractivity contribution in [2.45, 2.75) is 19.4 Å². The highest BCUT2D eigenvalue weighted by Gasteiger charge is 2.27. The van der Waals surface area contributed by atoms with Crippen molar-refractivity contribution in [1.82, 2.24) is 4.98 Å². The Labute approximate surface area is 135 Å². The highest BCUT2D eigenvalue weighted by Crippen LogP contribution is 2.36. The maximum Gasteiger partial charge on any atom is 0.133 e. The first-order valence-corrected chi connectivity index (χ1v) is 7.74. The number of benzene rings is 2. The Morgan fingerprint density at radius 2 is 1.83 bits per heavy atom. The molecule has 0 bridgehead atoms. The number of hydrogen-bond acceptors (Lipinski definition) is 3. The Bertz CT molecular complexity index is 847. The molecule has 2 heterocycles. The molecule has 4 nitrogen and oxygen atoms in total. The number of nitrogen functional groups attached to an aromatic ring is 1. The monoisotopic (exact) mass is 307 g/mol. The van der Waals surface area contributed by atoms with Gasteiger partial charge in [-0.2, -0.15) is 0 Å². The lowest BCUT2D eigenvalue weighted by Crippen LogP contribution is -2.25. The van der Waals surface area contributed by atoms with Crippen molar-refractivity contribution in [3.63, 3.8) is 0 Å². The predicted octanol–water partition coefficient (Wildman–Crippen LogP) is 3.12. The molecule has 0 amide bonds. The second-order valence-electron chi connectivity index (χ2n) is 5.91. The van der Waals surface area contributed by atoms with Gasteiger partial charge in [0.25, 0.3) is 0 Å². The lowest BCUT2D eigenvalue weighted by atomic mass is 10.1. The summed E-state index contributed by atoms with van der Waals surface area (Å²) in [5.41, 5.74) is 10.6. The minimum absolute atomic E-state index is 0. The molecule has 0 fully saturated rings. The number of fused-ring (bicyclic) bond motifs is 2. The molecule has 4 heteroatoms. The Morgan fingerprint density at radius 3 is 2.65 bits per heavy atom. The number of para-hydroxylation sites is 2. The fourth-order valence-corrected chi connectivity index (χ4v) is 3.37. The second kappa shape index (κ2) is 5.89. The Kier molecular flexibility index (Phi) is 3.92. The van der Waals surface area contributed by atoms with E-state index in [1.807, 2.05) is 24.3 Å². The summed E-state index contributed by atoms with van der Waals surface area (Å²) in [7, 11) is 0. The van der Waals surface area contributed by atoms with E-state index in [-0.39, 0.29) is 11.5 Å². The van der Waals surface area contributed by atoms with E-state index in [2.05, 4.69) is 42.2 Å². The Balaban J connectivity index is 0.00000156. The van der Waals surface area contributed by atoms with Crippen LogP contribution in [0.1, 0.15) is 24.1 Å². The highest BCUT2D eigenvalue weighted by molar-refractivity contribution is 5.82. The highest BCUT2D eigenvalue weighted by atomic mass is 16.0. The summed E-state index contributed by atoms with van der Waals surface area (Å²) in [6, 6.07) is 18.9. The summed E-state index contributed by atoms with van der Waals surface area (Å²) in [4.78, 5) is 7.27. The van der Waals surface area contributed by atoms with Crippen LogP contribution < -0.4 is 10.6 Å². The van der Waals surface area contributed by atoms with Gasteiger partial charge in [-0.15, -0.1) is 0 Å². The molecule has 4 rings (SSSR count). The zero-order chi connectivity index (χ0) is 15.1. The molecule has 0 saturated carbocycles. The number of nitrogens with zero attached hydrogens (tertiary/aromatic N) is 2. The maximum absolute atomic E-state index is 6.15. The van der Waals surface area contributed by atoms with E-state index in [1.54, 1.807) is 0 Å². The van der Waals surface area contributed by atoms with Crippen molar-refractivity contribution in [3.05, 3.63) is 65.7 Å². The van der Waals surface area contributed by atoms with Crippen molar-refractivity contribution in [2.24, 2.45) is 0 Å². The molecular weight excluding hydrogens is 286 g/mol. The van der Waals surface area contributed by atoms with Crippen molar-refractivity contribution in [1.29, 1.82) is 0 Å². The molecule has 23 heavy (non-hydrogen) atoms. The number of rotatable bonds is 2. The van der Waals surface area contributed by atoms with Crippen molar-refractivity contribution < 1.29 is 5.48 Å². The van der Waals surface area contributed by atoms with Gasteiger partial charge < -0.3 is 16.1 Å². The van der Waals surface area contributed by atoms with Crippen LogP contribution in [-0.4, -0.2) is 17.0 Å². The van der Waals surface area contributed by atoms with Crippen molar-refractivity contribution in [3.8, 4) is 0 Å². The third kappa shape index (κ3) is 2.51. The third-order valence-corrected chi connectivity index (χ3v) is 4.59. The van der Waals surface area contributed by atoms with Crippen LogP contribution in [0.2, 0.25) is 0 Å². The lowest BCUT2D eigenvalue weighted by molar-refractivity contribution is 0.692. The number of pyridine rings is 1. The van der Waals surface area contributed by atoms with Gasteiger partial charge in [-0.3, -0.25) is 0 Å². The molecule has 4 N–H and O–H groups in total. The van der Waals surface area contributed by atoms with Gasteiger partial charge in [0.05, 0.1) is 11.6 Å². The smallest absolute Gasteiger partial charge is 0.133 e. The molecule has 1 unspecified atom stereocenters. The van der Waals surface area contributed by atoms with E-state index >= 15 is 0 Å². The minimum atomic E-state index is 0. The van der Waals surface area contributed by atoms with E-state index in [0.717, 1.165) is 30.0 Å². The van der Waals surface area contributed by atoms with Gasteiger partial charge in [0.15, 0.2) is 0 Å². The zero-order valence-corrected chi connectivity index (χ0v) is 13.2. The molecular formula is C19H21N3O. The summed E-state index contributed by atoms with van der Waals surface area (Å²) < 4.78 is 0. The van der Waals surface area contributed by atoms with E-state index in [4.69, 9.17) is 10.7 Å². The average Bonchev–Trinajstić information content (AvgIpc) is 2.95. The topological polar surface area (TPSA) is 73.7 Å². The van der Waals surface area contributed by atoms with Crippen LogP contribution in [0, 0.1) is 0 Å². The Morgan fingerprint density at radius 1 is 1.09 bits per heavy atom. The van der Waals surface area contributed by atoms with E-state index < -0.39 is 0 Å². The molecule has 0 spiro atoms. The molecule has 0 radical (unpaired) electrons. The van der Waals surface area contributed by atoms with Crippen LogP contribution in [-0.2, 0) is 6.42 Å². The molecule has 2 aromatic carbocycles. The standard InChI is InChI=1S/C19H19N3.H2O/c1-13(16-7-3-4-8-17(16)20)22-11-10-15-12-14-6-2-5-9-18(14)21-19(15)22;/h2-9,12-13H,10-11,20H2,1H3;1H2. The fourth-order valence-electron chi connectivity index (χ4n) is 3.37. The molecule has 1 aliphatic heterocycles. The molecule has 1 atom stereocenters. The summed E-state index contributed by atoms with van der Waals surface area (Å²) >= 11 is 0. The van der Waals surface area contributed by atoms with Crippen LogP contribution in [0.3, 0.4) is 0 Å². The average molecular weight is 307 g/mol. The van der Waals surface area contributed by atoms with Gasteiger partial charge in [-0.1, -0.05) is 36.4 Å². The quantitative estimate of drug-likeness (QED) is 0.739. The molecule has 0 aliphatic carbocycles. The van der Waals surface area contributed by atoms with E-state index in [9.17, 15) is 0 Å². The molecule has 0 saturated heterocycles. The predicted molar refractivity (Wildman–Crippen MR) is 95.7 cm³/mol.